The van der Waals surface area contributed by atoms with Gasteiger partial charge in [0.25, 0.3) is 0 Å². The molecule has 0 amide bonds. The first-order chi connectivity index (χ1) is 4.83. The highest BCUT2D eigenvalue weighted by molar-refractivity contribution is 4.69. The Hall–Kier alpha value is 0. The van der Waals surface area contributed by atoms with E-state index in [1.807, 2.05) is 0 Å². The minimum Gasteiger partial charge on any atom is -0.0654 e. The molecule has 0 saturated heterocycles. The summed E-state index contributed by atoms with van der Waals surface area (Å²) in [6, 6.07) is 0. The second kappa shape index (κ2) is 4.00. The summed E-state index contributed by atoms with van der Waals surface area (Å²) in [5.41, 5.74) is 0. The third-order valence-electron chi connectivity index (χ3n) is 2.74. The van der Waals surface area contributed by atoms with Gasteiger partial charge in [-0.15, -0.1) is 0 Å². The van der Waals surface area contributed by atoms with Crippen LogP contribution in [0.3, 0.4) is 0 Å². The van der Waals surface area contributed by atoms with Crippen molar-refractivity contribution in [2.75, 3.05) is 0 Å². The zero-order valence-electron chi connectivity index (χ0n) is 7.40. The lowest BCUT2D eigenvalue weighted by molar-refractivity contribution is 0.268. The minimum atomic E-state index is 1.02. The first-order valence-electron chi connectivity index (χ1n) is 4.83. The zero-order valence-corrected chi connectivity index (χ0v) is 7.40. The van der Waals surface area contributed by atoms with Crippen LogP contribution in [0.4, 0.5) is 0 Å². The molecular formula is C10H20. The highest BCUT2D eigenvalue weighted by atomic mass is 14.2. The molecule has 1 aliphatic carbocycles. The smallest absolute Gasteiger partial charge is 0.0412 e. The van der Waals surface area contributed by atoms with E-state index in [1.165, 1.54) is 38.5 Å². The molecular weight excluding hydrogens is 120 g/mol. The maximum Gasteiger partial charge on any atom is -0.0412 e. The molecule has 1 aliphatic rings. The van der Waals surface area contributed by atoms with Crippen LogP contribution in [0.5, 0.6) is 0 Å². The zero-order chi connectivity index (χ0) is 7.40. The van der Waals surface area contributed by atoms with Crippen molar-refractivity contribution in [3.8, 4) is 0 Å². The van der Waals surface area contributed by atoms with E-state index in [0.717, 1.165) is 11.8 Å². The molecule has 2 atom stereocenters. The van der Waals surface area contributed by atoms with E-state index in [-0.39, 0.29) is 0 Å². The van der Waals surface area contributed by atoms with Crippen molar-refractivity contribution in [3.63, 3.8) is 0 Å². The topological polar surface area (TPSA) is 0 Å². The van der Waals surface area contributed by atoms with E-state index in [2.05, 4.69) is 13.8 Å². The largest absolute Gasteiger partial charge is 0.0654 e. The molecule has 0 heterocycles. The van der Waals surface area contributed by atoms with Crippen molar-refractivity contribution in [2.24, 2.45) is 11.8 Å². The molecule has 0 aliphatic heterocycles. The monoisotopic (exact) mass is 140 g/mol. The average Bonchev–Trinajstić information content (AvgIpc) is 1.88. The fourth-order valence-electron chi connectivity index (χ4n) is 2.23. The molecule has 0 aromatic rings. The molecule has 0 radical (unpaired) electrons. The van der Waals surface area contributed by atoms with Gasteiger partial charge < -0.3 is 0 Å². The van der Waals surface area contributed by atoms with E-state index < -0.39 is 0 Å². The van der Waals surface area contributed by atoms with Crippen molar-refractivity contribution in [3.05, 3.63) is 0 Å². The number of rotatable bonds is 2. The normalized spacial score (nSPS) is 34.2. The van der Waals surface area contributed by atoms with Gasteiger partial charge in [-0.3, -0.25) is 0 Å². The van der Waals surface area contributed by atoms with Gasteiger partial charge in [0.15, 0.2) is 0 Å². The summed E-state index contributed by atoms with van der Waals surface area (Å²) in [5.74, 6) is 2.10. The molecule has 1 fully saturated rings. The Bertz CT molecular complexity index is 84.0. The molecule has 0 aromatic carbocycles. The summed E-state index contributed by atoms with van der Waals surface area (Å²) in [6.45, 7) is 4.71. The van der Waals surface area contributed by atoms with Crippen molar-refractivity contribution in [1.29, 1.82) is 0 Å². The predicted octanol–water partition coefficient (Wildman–Crippen LogP) is 3.61. The van der Waals surface area contributed by atoms with Crippen LogP contribution in [-0.4, -0.2) is 0 Å². The molecule has 10 heavy (non-hydrogen) atoms. The van der Waals surface area contributed by atoms with Crippen molar-refractivity contribution >= 4 is 0 Å². The first-order valence-corrected chi connectivity index (χ1v) is 4.83. The van der Waals surface area contributed by atoms with Crippen LogP contribution in [-0.2, 0) is 0 Å². The maximum absolute atomic E-state index is 2.40. The highest BCUT2D eigenvalue weighted by Gasteiger charge is 2.17. The SMILES string of the molecule is CCC[C@H]1CCCC(C)C1. The highest BCUT2D eigenvalue weighted by Crippen LogP contribution is 2.31. The van der Waals surface area contributed by atoms with Gasteiger partial charge in [0.1, 0.15) is 0 Å². The summed E-state index contributed by atoms with van der Waals surface area (Å²) in [7, 11) is 0. The Labute approximate surface area is 65.0 Å². The molecule has 60 valence electrons. The minimum absolute atomic E-state index is 1.02. The first kappa shape index (κ1) is 8.10. The molecule has 0 heteroatoms. The summed E-state index contributed by atoms with van der Waals surface area (Å²) in [5, 5.41) is 0. The van der Waals surface area contributed by atoms with Crippen LogP contribution in [0.25, 0.3) is 0 Å². The second-order valence-corrected chi connectivity index (χ2v) is 3.93. The van der Waals surface area contributed by atoms with E-state index in [1.54, 1.807) is 0 Å². The summed E-state index contributed by atoms with van der Waals surface area (Å²) in [6.07, 6.45) is 8.86. The van der Waals surface area contributed by atoms with Gasteiger partial charge in [-0.2, -0.15) is 0 Å². The fraction of sp³-hybridized carbons (Fsp3) is 1.00. The Morgan fingerprint density at radius 1 is 1.30 bits per heavy atom. The van der Waals surface area contributed by atoms with Crippen molar-refractivity contribution in [2.45, 2.75) is 52.4 Å². The Balaban J connectivity index is 2.18. The molecule has 0 nitrogen and oxygen atoms in total. The van der Waals surface area contributed by atoms with Crippen LogP contribution in [0, 0.1) is 11.8 Å². The van der Waals surface area contributed by atoms with E-state index in [9.17, 15) is 0 Å². The van der Waals surface area contributed by atoms with Gasteiger partial charge in [-0.25, -0.2) is 0 Å². The Morgan fingerprint density at radius 2 is 2.10 bits per heavy atom. The summed E-state index contributed by atoms with van der Waals surface area (Å²) in [4.78, 5) is 0. The molecule has 1 unspecified atom stereocenters. The quantitative estimate of drug-likeness (QED) is 0.549. The van der Waals surface area contributed by atoms with E-state index in [0.29, 0.717) is 0 Å². The van der Waals surface area contributed by atoms with Crippen LogP contribution in [0.2, 0.25) is 0 Å². The molecule has 0 aromatic heterocycles. The second-order valence-electron chi connectivity index (χ2n) is 3.93. The lowest BCUT2D eigenvalue weighted by Crippen LogP contribution is -2.12. The van der Waals surface area contributed by atoms with Gasteiger partial charge in [0.2, 0.25) is 0 Å². The third-order valence-corrected chi connectivity index (χ3v) is 2.74. The van der Waals surface area contributed by atoms with Crippen LogP contribution in [0.1, 0.15) is 52.4 Å². The van der Waals surface area contributed by atoms with Crippen molar-refractivity contribution < 1.29 is 0 Å². The van der Waals surface area contributed by atoms with Crippen LogP contribution in [0.15, 0.2) is 0 Å². The number of hydrogen-bond acceptors (Lipinski definition) is 0. The van der Waals surface area contributed by atoms with Gasteiger partial charge >= 0.3 is 0 Å². The fourth-order valence-corrected chi connectivity index (χ4v) is 2.23. The van der Waals surface area contributed by atoms with E-state index in [4.69, 9.17) is 0 Å². The lowest BCUT2D eigenvalue weighted by atomic mass is 9.80. The lowest BCUT2D eigenvalue weighted by Gasteiger charge is -2.26. The van der Waals surface area contributed by atoms with Gasteiger partial charge in [0, 0.05) is 0 Å². The van der Waals surface area contributed by atoms with Crippen LogP contribution >= 0.6 is 0 Å². The van der Waals surface area contributed by atoms with Gasteiger partial charge in [-0.1, -0.05) is 46.0 Å². The third kappa shape index (κ3) is 2.32. The standard InChI is InChI=1S/C10H20/c1-3-5-10-7-4-6-9(2)8-10/h9-10H,3-8H2,1-2H3/t9?,10-/m0/s1. The molecule has 1 rings (SSSR count). The predicted molar refractivity (Wildman–Crippen MR) is 46.0 cm³/mol. The van der Waals surface area contributed by atoms with Gasteiger partial charge in [0.05, 0.1) is 0 Å². The van der Waals surface area contributed by atoms with Gasteiger partial charge in [-0.05, 0) is 18.3 Å². The molecule has 0 spiro atoms. The molecule has 0 bridgehead atoms. The maximum atomic E-state index is 2.40. The molecule has 0 N–H and O–H groups in total. The van der Waals surface area contributed by atoms with E-state index >= 15 is 0 Å². The number of hydrogen-bond donors (Lipinski definition) is 0. The average molecular weight is 140 g/mol. The summed E-state index contributed by atoms with van der Waals surface area (Å²) >= 11 is 0. The Morgan fingerprint density at radius 3 is 2.70 bits per heavy atom. The Kier molecular flexibility index (Phi) is 3.24. The summed E-state index contributed by atoms with van der Waals surface area (Å²) < 4.78 is 0. The molecule has 1 saturated carbocycles. The van der Waals surface area contributed by atoms with Crippen LogP contribution < -0.4 is 0 Å². The van der Waals surface area contributed by atoms with Crippen molar-refractivity contribution in [1.82, 2.24) is 0 Å².